The van der Waals surface area contributed by atoms with Crippen LogP contribution in [0.3, 0.4) is 0 Å². The van der Waals surface area contributed by atoms with Gasteiger partial charge in [-0.3, -0.25) is 9.78 Å². The van der Waals surface area contributed by atoms with E-state index < -0.39 is 9.84 Å². The van der Waals surface area contributed by atoms with Crippen LogP contribution in [0.1, 0.15) is 23.3 Å². The number of nitrogens with one attached hydrogen (secondary N) is 1. The number of sulfone groups is 1. The third kappa shape index (κ3) is 3.42. The van der Waals surface area contributed by atoms with Gasteiger partial charge in [-0.1, -0.05) is 18.2 Å². The molecule has 0 radical (unpaired) electrons. The van der Waals surface area contributed by atoms with Gasteiger partial charge in [0.05, 0.1) is 4.90 Å². The quantitative estimate of drug-likeness (QED) is 0.709. The predicted molar refractivity (Wildman–Crippen MR) is 106 cm³/mol. The number of fused-ring (bicyclic) bond motifs is 3. The molecule has 1 N–H and O–H groups in total. The Hall–Kier alpha value is -2.71. The largest absolute Gasteiger partial charge is 0.444 e. The van der Waals surface area contributed by atoms with Crippen LogP contribution in [-0.4, -0.2) is 49.9 Å². The summed E-state index contributed by atoms with van der Waals surface area (Å²) in [7, 11) is -3.76. The highest BCUT2D eigenvalue weighted by molar-refractivity contribution is 7.91. The standard InChI is InChI=1S/C21H21N3O4S/c25-21(23-16-8-14-6-7-24(12-14)13-16)18-10-19-15(11-22-18)9-20(28-19)29(26,27)17-4-2-1-3-5-17/h1-5,9-11,14,16H,6-8,12-13H2,(H,23,25)/t14-,16+/m0/s1. The van der Waals surface area contributed by atoms with Crippen LogP contribution >= 0.6 is 0 Å². The van der Waals surface area contributed by atoms with Crippen LogP contribution in [0, 0.1) is 5.92 Å². The van der Waals surface area contributed by atoms with E-state index in [0.717, 1.165) is 26.1 Å². The van der Waals surface area contributed by atoms with Crippen molar-refractivity contribution in [2.24, 2.45) is 5.92 Å². The summed E-state index contributed by atoms with van der Waals surface area (Å²) in [6, 6.07) is 11.2. The molecule has 2 saturated heterocycles. The summed E-state index contributed by atoms with van der Waals surface area (Å²) in [4.78, 5) is 19.4. The molecule has 8 heteroatoms. The van der Waals surface area contributed by atoms with Crippen LogP contribution in [0.5, 0.6) is 0 Å². The van der Waals surface area contributed by atoms with Crippen molar-refractivity contribution in [2.45, 2.75) is 28.9 Å². The predicted octanol–water partition coefficient (Wildman–Crippen LogP) is 2.48. The second-order valence-corrected chi connectivity index (χ2v) is 9.69. The highest BCUT2D eigenvalue weighted by Gasteiger charge is 2.33. The highest BCUT2D eigenvalue weighted by atomic mass is 32.2. The number of carbonyl (C=O) groups excluding carboxylic acids is 1. The number of hydrogen-bond acceptors (Lipinski definition) is 6. The van der Waals surface area contributed by atoms with E-state index in [9.17, 15) is 13.2 Å². The monoisotopic (exact) mass is 411 g/mol. The molecule has 1 unspecified atom stereocenters. The van der Waals surface area contributed by atoms with E-state index in [0.29, 0.717) is 16.9 Å². The van der Waals surface area contributed by atoms with Gasteiger partial charge in [-0.25, -0.2) is 8.42 Å². The van der Waals surface area contributed by atoms with E-state index in [4.69, 9.17) is 4.42 Å². The Morgan fingerprint density at radius 1 is 1.17 bits per heavy atom. The minimum absolute atomic E-state index is 0.117. The Labute approximate surface area is 168 Å². The second-order valence-electron chi connectivity index (χ2n) is 7.81. The number of aromatic nitrogens is 1. The lowest BCUT2D eigenvalue weighted by molar-refractivity contribution is 0.0904. The van der Waals surface area contributed by atoms with Crippen molar-refractivity contribution in [3.8, 4) is 0 Å². The van der Waals surface area contributed by atoms with Crippen molar-refractivity contribution >= 4 is 26.7 Å². The van der Waals surface area contributed by atoms with Crippen molar-refractivity contribution < 1.29 is 17.6 Å². The van der Waals surface area contributed by atoms with Crippen LogP contribution in [0.4, 0.5) is 0 Å². The van der Waals surface area contributed by atoms with E-state index >= 15 is 0 Å². The molecule has 0 aliphatic carbocycles. The average Bonchev–Trinajstić information content (AvgIpc) is 3.31. The highest BCUT2D eigenvalue weighted by Crippen LogP contribution is 2.29. The van der Waals surface area contributed by atoms with Crippen LogP contribution in [0.2, 0.25) is 0 Å². The fourth-order valence-electron chi connectivity index (χ4n) is 4.31. The Morgan fingerprint density at radius 3 is 2.79 bits per heavy atom. The maximum absolute atomic E-state index is 12.8. The van der Waals surface area contributed by atoms with E-state index in [1.807, 2.05) is 0 Å². The van der Waals surface area contributed by atoms with Gasteiger partial charge in [0.15, 0.2) is 0 Å². The number of nitrogens with zero attached hydrogens (tertiary/aromatic N) is 2. The maximum atomic E-state index is 12.8. The lowest BCUT2D eigenvalue weighted by atomic mass is 9.97. The smallest absolute Gasteiger partial charge is 0.270 e. The first-order chi connectivity index (χ1) is 14.0. The van der Waals surface area contributed by atoms with Crippen LogP contribution in [0.15, 0.2) is 63.1 Å². The van der Waals surface area contributed by atoms with Crippen LogP contribution in [0.25, 0.3) is 11.0 Å². The molecule has 1 aromatic carbocycles. The molecule has 7 nitrogen and oxygen atoms in total. The summed E-state index contributed by atoms with van der Waals surface area (Å²) in [5, 5.41) is 3.44. The van der Waals surface area contributed by atoms with Crippen molar-refractivity contribution in [3.05, 3.63) is 54.4 Å². The summed E-state index contributed by atoms with van der Waals surface area (Å²) < 4.78 is 31.1. The SMILES string of the molecule is O=C(N[C@@H]1C[C@@H]2CCN(C2)C1)c1cc2oc(S(=O)(=O)c3ccccc3)cc2cn1. The topological polar surface area (TPSA) is 92.5 Å². The summed E-state index contributed by atoms with van der Waals surface area (Å²) in [6.07, 6.45) is 3.66. The molecule has 29 heavy (non-hydrogen) atoms. The second kappa shape index (κ2) is 6.96. The zero-order valence-corrected chi connectivity index (χ0v) is 16.6. The Bertz CT molecular complexity index is 1160. The van der Waals surface area contributed by atoms with Crippen LogP contribution < -0.4 is 5.32 Å². The Kier molecular flexibility index (Phi) is 4.40. The molecule has 0 saturated carbocycles. The molecule has 150 valence electrons. The van der Waals surface area contributed by atoms with Gasteiger partial charge >= 0.3 is 0 Å². The molecule has 4 heterocycles. The number of amides is 1. The third-order valence-electron chi connectivity index (χ3n) is 5.73. The normalized spacial score (nSPS) is 23.9. The first-order valence-corrected chi connectivity index (χ1v) is 11.2. The molecule has 2 aliphatic heterocycles. The zero-order valence-electron chi connectivity index (χ0n) is 15.7. The molecular formula is C21H21N3O4S. The third-order valence-corrected chi connectivity index (χ3v) is 7.36. The molecule has 3 aromatic rings. The zero-order chi connectivity index (χ0) is 20.0. The van der Waals surface area contributed by atoms with Gasteiger partial charge in [-0.2, -0.15) is 0 Å². The number of hydrogen-bond donors (Lipinski definition) is 1. The average molecular weight is 411 g/mol. The summed E-state index contributed by atoms with van der Waals surface area (Å²) in [5.41, 5.74) is 0.551. The van der Waals surface area contributed by atoms with Crippen LogP contribution in [-0.2, 0) is 9.84 Å². The molecule has 5 rings (SSSR count). The first kappa shape index (κ1) is 18.3. The van der Waals surface area contributed by atoms with Gasteiger partial charge < -0.3 is 14.6 Å². The lowest BCUT2D eigenvalue weighted by Gasteiger charge is -2.30. The van der Waals surface area contributed by atoms with Gasteiger partial charge in [-0.15, -0.1) is 0 Å². The molecular weight excluding hydrogens is 390 g/mol. The maximum Gasteiger partial charge on any atom is 0.270 e. The minimum atomic E-state index is -3.76. The fourth-order valence-corrected chi connectivity index (χ4v) is 5.53. The van der Waals surface area contributed by atoms with Gasteiger partial charge in [0.25, 0.3) is 5.91 Å². The van der Waals surface area contributed by atoms with Gasteiger partial charge in [0.2, 0.25) is 14.9 Å². The van der Waals surface area contributed by atoms with Crippen molar-refractivity contribution in [3.63, 3.8) is 0 Å². The lowest BCUT2D eigenvalue weighted by Crippen LogP contribution is -2.47. The molecule has 2 aliphatic rings. The Balaban J connectivity index is 1.39. The van der Waals surface area contributed by atoms with E-state index in [1.54, 1.807) is 18.2 Å². The molecule has 0 spiro atoms. The molecule has 2 bridgehead atoms. The first-order valence-electron chi connectivity index (χ1n) is 9.72. The van der Waals surface area contributed by atoms with E-state index in [2.05, 4.69) is 15.2 Å². The number of rotatable bonds is 4. The summed E-state index contributed by atoms with van der Waals surface area (Å²) in [5.74, 6) is 0.392. The number of furan rings is 1. The minimum Gasteiger partial charge on any atom is -0.444 e. The molecule has 1 amide bonds. The van der Waals surface area contributed by atoms with Crippen molar-refractivity contribution in [2.75, 3.05) is 19.6 Å². The van der Waals surface area contributed by atoms with Crippen molar-refractivity contribution in [1.82, 2.24) is 15.2 Å². The number of piperidine rings is 1. The molecule has 3 atom stereocenters. The van der Waals surface area contributed by atoms with E-state index in [-0.39, 0.29) is 27.6 Å². The van der Waals surface area contributed by atoms with Gasteiger partial charge in [0.1, 0.15) is 11.3 Å². The van der Waals surface area contributed by atoms with Crippen molar-refractivity contribution in [1.29, 1.82) is 0 Å². The van der Waals surface area contributed by atoms with Gasteiger partial charge in [-0.05, 0) is 37.4 Å². The summed E-state index contributed by atoms with van der Waals surface area (Å²) in [6.45, 7) is 3.10. The Morgan fingerprint density at radius 2 is 2.00 bits per heavy atom. The van der Waals surface area contributed by atoms with Gasteiger partial charge in [0, 0.05) is 42.8 Å². The fraction of sp³-hybridized carbons (Fsp3) is 0.333. The van der Waals surface area contributed by atoms with E-state index in [1.165, 1.54) is 36.9 Å². The molecule has 2 fully saturated rings. The number of benzene rings is 1. The summed E-state index contributed by atoms with van der Waals surface area (Å²) >= 11 is 0. The number of pyridine rings is 1. The number of carbonyl (C=O) groups is 1. The molecule has 2 aromatic heterocycles.